The average Bonchev–Trinajstić information content (AvgIpc) is 2.28. The van der Waals surface area contributed by atoms with Gasteiger partial charge in [0.05, 0.1) is 0 Å². The molecule has 0 atom stereocenters. The van der Waals surface area contributed by atoms with Gasteiger partial charge >= 0.3 is 0 Å². The fourth-order valence-corrected chi connectivity index (χ4v) is 2.63. The molecule has 0 aromatic heterocycles. The van der Waals surface area contributed by atoms with E-state index in [0.717, 1.165) is 13.0 Å². The molecule has 2 rings (SSSR count). The molecule has 1 aliphatic carbocycles. The van der Waals surface area contributed by atoms with Crippen molar-refractivity contribution in [2.24, 2.45) is 5.73 Å². The summed E-state index contributed by atoms with van der Waals surface area (Å²) in [5.41, 5.74) is 10.0. The molecule has 0 spiro atoms. The lowest BCUT2D eigenvalue weighted by Crippen LogP contribution is -2.33. The molecule has 0 fully saturated rings. The van der Waals surface area contributed by atoms with E-state index in [0.29, 0.717) is 0 Å². The number of rotatable bonds is 4. The largest absolute Gasteiger partial charge is 0.380 e. The number of hydrogen-bond acceptors (Lipinski definition) is 2. The highest BCUT2D eigenvalue weighted by molar-refractivity contribution is 5.50. The first-order valence-electron chi connectivity index (χ1n) is 6.71. The van der Waals surface area contributed by atoms with Crippen LogP contribution in [-0.2, 0) is 12.8 Å². The highest BCUT2D eigenvalue weighted by Gasteiger charge is 2.17. The van der Waals surface area contributed by atoms with Crippen LogP contribution < -0.4 is 11.1 Å². The van der Waals surface area contributed by atoms with Gasteiger partial charge in [-0.3, -0.25) is 0 Å². The number of nitrogens with two attached hydrogens (primary N) is 1. The van der Waals surface area contributed by atoms with Crippen LogP contribution in [0.1, 0.15) is 44.2 Å². The van der Waals surface area contributed by atoms with Crippen LogP contribution in [0.25, 0.3) is 0 Å². The van der Waals surface area contributed by atoms with Gasteiger partial charge in [-0.25, -0.2) is 0 Å². The van der Waals surface area contributed by atoms with E-state index in [4.69, 9.17) is 5.73 Å². The van der Waals surface area contributed by atoms with Crippen molar-refractivity contribution in [1.82, 2.24) is 0 Å². The molecular formula is C15H24N2. The second-order valence-corrected chi connectivity index (χ2v) is 5.74. The normalized spacial score (nSPS) is 15.5. The van der Waals surface area contributed by atoms with Crippen LogP contribution in [0.3, 0.4) is 0 Å². The summed E-state index contributed by atoms with van der Waals surface area (Å²) in [4.78, 5) is 0. The summed E-state index contributed by atoms with van der Waals surface area (Å²) in [6.45, 7) is 5.14. The topological polar surface area (TPSA) is 38.0 Å². The van der Waals surface area contributed by atoms with Gasteiger partial charge in [0.25, 0.3) is 0 Å². The summed E-state index contributed by atoms with van der Waals surface area (Å²) in [6.07, 6.45) is 6.16. The van der Waals surface area contributed by atoms with Gasteiger partial charge < -0.3 is 11.1 Å². The molecule has 2 heteroatoms. The molecule has 1 aliphatic rings. The molecule has 2 nitrogen and oxygen atoms in total. The number of nitrogens with one attached hydrogen (secondary N) is 1. The molecule has 0 aliphatic heterocycles. The lowest BCUT2D eigenvalue weighted by Gasteiger charge is -2.28. The third-order valence-corrected chi connectivity index (χ3v) is 3.60. The molecule has 1 aromatic rings. The summed E-state index contributed by atoms with van der Waals surface area (Å²) < 4.78 is 0. The lowest BCUT2D eigenvalue weighted by atomic mass is 9.91. The first-order chi connectivity index (χ1) is 8.11. The quantitative estimate of drug-likeness (QED) is 0.837. The van der Waals surface area contributed by atoms with Crippen LogP contribution in [0.2, 0.25) is 0 Å². The van der Waals surface area contributed by atoms with Crippen molar-refractivity contribution in [3.8, 4) is 0 Å². The number of anilines is 1. The van der Waals surface area contributed by atoms with E-state index in [1.165, 1.54) is 36.9 Å². The van der Waals surface area contributed by atoms with E-state index in [2.05, 4.69) is 37.4 Å². The van der Waals surface area contributed by atoms with E-state index in [9.17, 15) is 0 Å². The summed E-state index contributed by atoms with van der Waals surface area (Å²) in [5, 5.41) is 3.59. The molecule has 0 heterocycles. The van der Waals surface area contributed by atoms with Gasteiger partial charge in [-0.1, -0.05) is 6.07 Å². The molecule has 0 radical (unpaired) electrons. The Hall–Kier alpha value is -1.02. The minimum absolute atomic E-state index is 0.0810. The number of aryl methyl sites for hydroxylation is 2. The zero-order valence-electron chi connectivity index (χ0n) is 11.1. The van der Waals surface area contributed by atoms with E-state index >= 15 is 0 Å². The third kappa shape index (κ3) is 3.22. The van der Waals surface area contributed by atoms with Crippen LogP contribution in [0.4, 0.5) is 5.69 Å². The van der Waals surface area contributed by atoms with Gasteiger partial charge in [0.15, 0.2) is 0 Å². The second kappa shape index (κ2) is 5.09. The Kier molecular flexibility index (Phi) is 3.72. The smallest absolute Gasteiger partial charge is 0.0347 e. The Morgan fingerprint density at radius 1 is 1.18 bits per heavy atom. The monoisotopic (exact) mass is 232 g/mol. The Labute approximate surface area is 105 Å². The van der Waals surface area contributed by atoms with Crippen molar-refractivity contribution in [1.29, 1.82) is 0 Å². The van der Waals surface area contributed by atoms with E-state index in [-0.39, 0.29) is 5.54 Å². The summed E-state index contributed by atoms with van der Waals surface area (Å²) >= 11 is 0. The number of fused-ring (bicyclic) bond motifs is 1. The maximum Gasteiger partial charge on any atom is 0.0347 e. The lowest BCUT2D eigenvalue weighted by molar-refractivity contribution is 0.526. The van der Waals surface area contributed by atoms with Crippen LogP contribution in [-0.4, -0.2) is 12.1 Å². The molecule has 0 saturated heterocycles. The summed E-state index contributed by atoms with van der Waals surface area (Å²) in [5.74, 6) is 0. The molecule has 3 N–H and O–H groups in total. The van der Waals surface area contributed by atoms with Gasteiger partial charge in [-0.05, 0) is 75.8 Å². The minimum Gasteiger partial charge on any atom is -0.380 e. The molecule has 0 bridgehead atoms. The van der Waals surface area contributed by atoms with Gasteiger partial charge in [-0.2, -0.15) is 0 Å². The Morgan fingerprint density at radius 3 is 2.59 bits per heavy atom. The Morgan fingerprint density at radius 2 is 1.88 bits per heavy atom. The first-order valence-corrected chi connectivity index (χ1v) is 6.71. The predicted molar refractivity (Wildman–Crippen MR) is 74.5 cm³/mol. The molecule has 0 amide bonds. The van der Waals surface area contributed by atoms with Crippen molar-refractivity contribution in [2.45, 2.75) is 51.5 Å². The maximum atomic E-state index is 5.64. The standard InChI is InChI=1S/C15H24N2/c1-15(2,9-10-16)17-14-8-7-12-5-3-4-6-13(12)11-14/h7-8,11,17H,3-6,9-10,16H2,1-2H3. The van der Waals surface area contributed by atoms with Gasteiger partial charge in [0.2, 0.25) is 0 Å². The predicted octanol–water partition coefficient (Wildman–Crippen LogP) is 3.10. The molecule has 1 aromatic carbocycles. The van der Waals surface area contributed by atoms with E-state index in [1.807, 2.05) is 0 Å². The van der Waals surface area contributed by atoms with Crippen molar-refractivity contribution in [2.75, 3.05) is 11.9 Å². The highest BCUT2D eigenvalue weighted by Crippen LogP contribution is 2.26. The van der Waals surface area contributed by atoms with Crippen LogP contribution >= 0.6 is 0 Å². The average molecular weight is 232 g/mol. The van der Waals surface area contributed by atoms with Gasteiger partial charge in [-0.15, -0.1) is 0 Å². The minimum atomic E-state index is 0.0810. The SMILES string of the molecule is CC(C)(CCN)Nc1ccc2c(c1)CCCC2. The third-order valence-electron chi connectivity index (χ3n) is 3.60. The molecular weight excluding hydrogens is 208 g/mol. The molecule has 0 unspecified atom stereocenters. The summed E-state index contributed by atoms with van der Waals surface area (Å²) in [6, 6.07) is 6.82. The number of benzene rings is 1. The van der Waals surface area contributed by atoms with E-state index < -0.39 is 0 Å². The highest BCUT2D eigenvalue weighted by atomic mass is 15.0. The van der Waals surface area contributed by atoms with Crippen molar-refractivity contribution in [3.63, 3.8) is 0 Å². The van der Waals surface area contributed by atoms with Crippen LogP contribution in [0.5, 0.6) is 0 Å². The van der Waals surface area contributed by atoms with Gasteiger partial charge in [0.1, 0.15) is 0 Å². The van der Waals surface area contributed by atoms with E-state index in [1.54, 1.807) is 5.56 Å². The molecule has 0 saturated carbocycles. The fraction of sp³-hybridized carbons (Fsp3) is 0.600. The van der Waals surface area contributed by atoms with Crippen molar-refractivity contribution < 1.29 is 0 Å². The van der Waals surface area contributed by atoms with Crippen molar-refractivity contribution in [3.05, 3.63) is 29.3 Å². The summed E-state index contributed by atoms with van der Waals surface area (Å²) in [7, 11) is 0. The molecule has 94 valence electrons. The second-order valence-electron chi connectivity index (χ2n) is 5.74. The molecule has 17 heavy (non-hydrogen) atoms. The first kappa shape index (κ1) is 12.4. The number of hydrogen-bond donors (Lipinski definition) is 2. The van der Waals surface area contributed by atoms with Crippen LogP contribution in [0.15, 0.2) is 18.2 Å². The van der Waals surface area contributed by atoms with Crippen LogP contribution in [0, 0.1) is 0 Å². The Balaban J connectivity index is 2.11. The van der Waals surface area contributed by atoms with Gasteiger partial charge in [0, 0.05) is 11.2 Å². The zero-order chi connectivity index (χ0) is 12.3. The van der Waals surface area contributed by atoms with Crippen molar-refractivity contribution >= 4 is 5.69 Å². The Bertz CT molecular complexity index is 383. The fourth-order valence-electron chi connectivity index (χ4n) is 2.63. The maximum absolute atomic E-state index is 5.64. The zero-order valence-corrected chi connectivity index (χ0v) is 11.1.